The van der Waals surface area contributed by atoms with E-state index in [-0.39, 0.29) is 23.9 Å². The first-order valence-electron chi connectivity index (χ1n) is 11.4. The van der Waals surface area contributed by atoms with Crippen molar-refractivity contribution in [3.8, 4) is 0 Å². The number of piperidine rings is 1. The van der Waals surface area contributed by atoms with Gasteiger partial charge in [0.05, 0.1) is 5.44 Å². The molecule has 2 aliphatic heterocycles. The molecule has 1 saturated heterocycles. The molecular weight excluding hydrogens is 487 g/mol. The first-order valence-corrected chi connectivity index (χ1v) is 11.8. The van der Waals surface area contributed by atoms with E-state index in [2.05, 4.69) is 10.6 Å². The van der Waals surface area contributed by atoms with Crippen LogP contribution in [0.25, 0.3) is 0 Å². The smallest absolute Gasteiger partial charge is 0.349 e. The van der Waals surface area contributed by atoms with Crippen LogP contribution in [-0.4, -0.2) is 65.4 Å². The van der Waals surface area contributed by atoms with E-state index in [1.165, 1.54) is 17.0 Å². The second kappa shape index (κ2) is 8.80. The number of imide groups is 1. The number of nitrogens with zero attached hydrogens (tertiary/aromatic N) is 1. The van der Waals surface area contributed by atoms with Crippen molar-refractivity contribution in [3.05, 3.63) is 69.7 Å². The number of benzene rings is 2. The Morgan fingerprint density at radius 2 is 1.72 bits per heavy atom. The van der Waals surface area contributed by atoms with E-state index in [0.717, 1.165) is 12.1 Å². The van der Waals surface area contributed by atoms with E-state index in [4.69, 9.17) is 11.6 Å². The van der Waals surface area contributed by atoms with Crippen molar-refractivity contribution in [1.29, 1.82) is 0 Å². The largest absolute Gasteiger partial charge is 0.352 e. The van der Waals surface area contributed by atoms with Gasteiger partial charge in [-0.3, -0.25) is 24.5 Å². The molecule has 2 atom stereocenters. The van der Waals surface area contributed by atoms with Crippen molar-refractivity contribution >= 4 is 66.6 Å². The van der Waals surface area contributed by atoms with Gasteiger partial charge in [-0.05, 0) is 41.0 Å². The Bertz CT molecular complexity index is 1290. The fourth-order valence-electron chi connectivity index (χ4n) is 4.82. The summed E-state index contributed by atoms with van der Waals surface area (Å²) >= 11 is 5.75. The minimum atomic E-state index is -3.77. The van der Waals surface area contributed by atoms with Crippen molar-refractivity contribution in [2.45, 2.75) is 35.5 Å². The van der Waals surface area contributed by atoms with Gasteiger partial charge in [-0.15, -0.1) is 0 Å². The SMILES string of the molecule is BC(NC(=O)C(F)(F)c1ccc(Cl)cc1)c1ccc2c(c1)CN([C@]1(B)CC(B)(B)C(=O)NC1=O)C2=O. The average Bonchev–Trinajstić information content (AvgIpc) is 3.14. The Morgan fingerprint density at radius 3 is 2.36 bits per heavy atom. The van der Waals surface area contributed by atoms with Crippen LogP contribution < -0.4 is 10.6 Å². The highest BCUT2D eigenvalue weighted by molar-refractivity contribution is 6.53. The van der Waals surface area contributed by atoms with Crippen LogP contribution in [0.15, 0.2) is 42.5 Å². The summed E-state index contributed by atoms with van der Waals surface area (Å²) in [4.78, 5) is 52.0. The quantitative estimate of drug-likeness (QED) is 0.383. The van der Waals surface area contributed by atoms with Gasteiger partial charge in [0.15, 0.2) is 0 Å². The van der Waals surface area contributed by atoms with E-state index < -0.39 is 45.8 Å². The predicted molar refractivity (Wildman–Crippen MR) is 140 cm³/mol. The van der Waals surface area contributed by atoms with Crippen LogP contribution in [0.2, 0.25) is 10.2 Å². The summed E-state index contributed by atoms with van der Waals surface area (Å²) in [6.45, 7) is 0.109. The molecule has 1 unspecified atom stereocenters. The van der Waals surface area contributed by atoms with Gasteiger partial charge >= 0.3 is 5.92 Å². The maximum absolute atomic E-state index is 14.7. The molecule has 0 spiro atoms. The molecule has 7 nitrogen and oxygen atoms in total. The maximum atomic E-state index is 14.7. The van der Waals surface area contributed by atoms with Gasteiger partial charge in [0.1, 0.15) is 31.4 Å². The summed E-state index contributed by atoms with van der Waals surface area (Å²) in [6.07, 6.45) is 0.156. The molecule has 2 aliphatic rings. The van der Waals surface area contributed by atoms with Crippen LogP contribution >= 0.6 is 11.6 Å². The normalized spacial score (nSPS) is 22.1. The Hall–Kier alpha value is -3.07. The molecule has 0 saturated carbocycles. The predicted octanol–water partition coefficient (Wildman–Crippen LogP) is -1.41. The molecule has 0 aromatic heterocycles. The van der Waals surface area contributed by atoms with Gasteiger partial charge in [-0.2, -0.15) is 8.78 Å². The summed E-state index contributed by atoms with van der Waals surface area (Å²) in [5.74, 6) is -7.31. The molecule has 0 radical (unpaired) electrons. The van der Waals surface area contributed by atoms with Crippen LogP contribution in [0.1, 0.15) is 39.4 Å². The summed E-state index contributed by atoms with van der Waals surface area (Å²) in [7, 11) is 6.62. The lowest BCUT2D eigenvalue weighted by Gasteiger charge is -2.46. The molecule has 2 aromatic carbocycles. The lowest BCUT2D eigenvalue weighted by Crippen LogP contribution is -2.67. The van der Waals surface area contributed by atoms with E-state index in [1.807, 2.05) is 0 Å². The van der Waals surface area contributed by atoms with Gasteiger partial charge in [0.25, 0.3) is 11.8 Å². The first kappa shape index (κ1) is 26.0. The number of hydrogen-bond acceptors (Lipinski definition) is 4. The highest BCUT2D eigenvalue weighted by Gasteiger charge is 2.53. The van der Waals surface area contributed by atoms with Crippen LogP contribution in [0.4, 0.5) is 8.78 Å². The van der Waals surface area contributed by atoms with E-state index in [9.17, 15) is 28.0 Å². The second-order valence-corrected chi connectivity index (χ2v) is 10.6. The molecule has 4 amide bonds. The molecule has 36 heavy (non-hydrogen) atoms. The number of fused-ring (bicyclic) bond motifs is 1. The number of carbonyl (C=O) groups excluding carboxylic acids is 4. The standard InChI is InChI=1S/C22H22B4ClF2N3O4/c23-15(30-19(36)22(28,29)12-2-4-13(27)5-3-12)10-1-6-14-11(7-10)8-32(16(14)33)21(26)9-20(24,25)17(34)31-18(21)35/h1-7,15H,8-9,23-26H2,(H,30,36)(H,31,34,35)/t15?,21-/m1/s1. The number of halogens is 3. The number of nitrogens with one attached hydrogen (secondary N) is 2. The molecule has 0 aliphatic carbocycles. The zero-order chi connectivity index (χ0) is 26.6. The summed E-state index contributed by atoms with van der Waals surface area (Å²) in [6, 6.07) is 9.58. The Morgan fingerprint density at radius 1 is 1.08 bits per heavy atom. The third kappa shape index (κ3) is 4.34. The van der Waals surface area contributed by atoms with Crippen molar-refractivity contribution in [3.63, 3.8) is 0 Å². The average molecular weight is 509 g/mol. The maximum Gasteiger partial charge on any atom is 0.349 e. The molecule has 14 heteroatoms. The number of carbonyl (C=O) groups is 4. The Kier molecular flexibility index (Phi) is 6.35. The molecule has 2 heterocycles. The summed E-state index contributed by atoms with van der Waals surface area (Å²) in [5.41, 5.74) is -0.211. The van der Waals surface area contributed by atoms with E-state index in [1.54, 1.807) is 49.6 Å². The number of alkyl halides is 2. The van der Waals surface area contributed by atoms with Crippen LogP contribution in [-0.2, 0) is 26.9 Å². The Labute approximate surface area is 215 Å². The summed E-state index contributed by atoms with van der Waals surface area (Å²) < 4.78 is 29.4. The molecular formula is C22H22B4ClF2N3O4. The van der Waals surface area contributed by atoms with Crippen molar-refractivity contribution < 1.29 is 28.0 Å². The first-order chi connectivity index (χ1) is 16.7. The highest BCUT2D eigenvalue weighted by atomic mass is 35.5. The molecule has 0 bridgehead atoms. The number of amides is 4. The fraction of sp³-hybridized carbons (Fsp3) is 0.273. The lowest BCUT2D eigenvalue weighted by molar-refractivity contribution is -0.147. The third-order valence-electron chi connectivity index (χ3n) is 6.99. The monoisotopic (exact) mass is 509 g/mol. The van der Waals surface area contributed by atoms with Crippen molar-refractivity contribution in [2.24, 2.45) is 0 Å². The topological polar surface area (TPSA) is 95.6 Å². The number of hydrogen-bond donors (Lipinski definition) is 2. The molecule has 2 aromatic rings. The van der Waals surface area contributed by atoms with Gasteiger partial charge in [0, 0.05) is 28.6 Å². The van der Waals surface area contributed by atoms with E-state index >= 15 is 0 Å². The van der Waals surface area contributed by atoms with Crippen LogP contribution in [0.5, 0.6) is 0 Å². The minimum absolute atomic E-state index is 0.109. The van der Waals surface area contributed by atoms with Gasteiger partial charge in [-0.1, -0.05) is 35.9 Å². The summed E-state index contributed by atoms with van der Waals surface area (Å²) in [5, 5.41) is 4.13. The molecule has 1 fully saturated rings. The van der Waals surface area contributed by atoms with Crippen LogP contribution in [0.3, 0.4) is 0 Å². The van der Waals surface area contributed by atoms with Crippen LogP contribution in [0, 0.1) is 0 Å². The highest BCUT2D eigenvalue weighted by Crippen LogP contribution is 2.40. The second-order valence-electron chi connectivity index (χ2n) is 10.2. The van der Waals surface area contributed by atoms with Gasteiger partial charge in [-0.25, -0.2) is 0 Å². The number of rotatable bonds is 5. The third-order valence-corrected chi connectivity index (χ3v) is 7.24. The molecule has 2 N–H and O–H groups in total. The zero-order valence-corrected chi connectivity index (χ0v) is 21.0. The fourth-order valence-corrected chi connectivity index (χ4v) is 4.94. The minimum Gasteiger partial charge on any atom is -0.352 e. The van der Waals surface area contributed by atoms with Gasteiger partial charge < -0.3 is 10.2 Å². The van der Waals surface area contributed by atoms with E-state index in [0.29, 0.717) is 16.7 Å². The Balaban J connectivity index is 1.53. The molecule has 4 rings (SSSR count). The van der Waals surface area contributed by atoms with Gasteiger partial charge in [0.2, 0.25) is 11.8 Å². The molecule has 182 valence electrons. The zero-order valence-electron chi connectivity index (χ0n) is 20.2. The van der Waals surface area contributed by atoms with Crippen molar-refractivity contribution in [2.75, 3.05) is 0 Å². The van der Waals surface area contributed by atoms with Crippen molar-refractivity contribution in [1.82, 2.24) is 15.5 Å². The lowest BCUT2D eigenvalue weighted by atomic mass is 9.45.